The van der Waals surface area contributed by atoms with Crippen molar-refractivity contribution in [3.8, 4) is 11.4 Å². The number of carboxylic acid groups (broad SMARTS) is 1. The van der Waals surface area contributed by atoms with Crippen LogP contribution in [0.25, 0.3) is 11.4 Å². The molecule has 2 atom stereocenters. The van der Waals surface area contributed by atoms with Gasteiger partial charge in [0.25, 0.3) is 5.92 Å². The predicted molar refractivity (Wildman–Crippen MR) is 115 cm³/mol. The third kappa shape index (κ3) is 6.33. The lowest BCUT2D eigenvalue weighted by molar-refractivity contribution is -0.148. The van der Waals surface area contributed by atoms with E-state index < -0.39 is 68.0 Å². The Morgan fingerprint density at radius 1 is 1.27 bits per heavy atom. The second-order valence-electron chi connectivity index (χ2n) is 9.04. The van der Waals surface area contributed by atoms with Crippen LogP contribution in [0.2, 0.25) is 0 Å². The van der Waals surface area contributed by atoms with Crippen molar-refractivity contribution >= 4 is 12.0 Å². The number of carbonyl (C=O) groups excluding carboxylic acids is 1. The highest BCUT2D eigenvalue weighted by Gasteiger charge is 2.41. The highest BCUT2D eigenvalue weighted by Crippen LogP contribution is 2.36. The number of rotatable bonds is 7. The summed E-state index contributed by atoms with van der Waals surface area (Å²) in [7, 11) is 0. The minimum absolute atomic E-state index is 0.0217. The summed E-state index contributed by atoms with van der Waals surface area (Å²) >= 11 is 0. The van der Waals surface area contributed by atoms with E-state index in [1.165, 1.54) is 23.5 Å². The molecule has 1 fully saturated rings. The lowest BCUT2D eigenvalue weighted by Crippen LogP contribution is -2.54. The van der Waals surface area contributed by atoms with Gasteiger partial charge in [0.2, 0.25) is 5.91 Å². The number of hydrogen-bond donors (Lipinski definition) is 3. The van der Waals surface area contributed by atoms with Crippen LogP contribution < -0.4 is 5.32 Å². The molecule has 1 unspecified atom stereocenters. The van der Waals surface area contributed by atoms with Gasteiger partial charge < -0.3 is 24.8 Å². The van der Waals surface area contributed by atoms with Crippen LogP contribution in [-0.4, -0.2) is 79.8 Å². The number of alkyl halides is 5. The van der Waals surface area contributed by atoms with E-state index in [9.17, 15) is 41.8 Å². The maximum absolute atomic E-state index is 13.8. The van der Waals surface area contributed by atoms with Gasteiger partial charge in [-0.15, -0.1) is 0 Å². The van der Waals surface area contributed by atoms with Crippen molar-refractivity contribution in [3.63, 3.8) is 0 Å². The molecule has 202 valence electrons. The molecule has 0 aliphatic carbocycles. The number of amides is 2. The second kappa shape index (κ2) is 10.2. The van der Waals surface area contributed by atoms with Crippen LogP contribution in [0.1, 0.15) is 36.2 Å². The summed E-state index contributed by atoms with van der Waals surface area (Å²) in [5.74, 6) is -3.88. The van der Waals surface area contributed by atoms with Crippen LogP contribution in [0.5, 0.6) is 0 Å². The minimum atomic E-state index is -4.74. The molecule has 0 radical (unpaired) electrons. The highest BCUT2D eigenvalue weighted by atomic mass is 19.4. The lowest BCUT2D eigenvalue weighted by Gasteiger charge is -2.37. The monoisotopic (exact) mass is 533 g/mol. The van der Waals surface area contributed by atoms with Gasteiger partial charge in [-0.2, -0.15) is 13.2 Å². The van der Waals surface area contributed by atoms with Crippen LogP contribution in [0, 0.1) is 0 Å². The van der Waals surface area contributed by atoms with Crippen molar-refractivity contribution in [1.82, 2.24) is 25.1 Å². The van der Waals surface area contributed by atoms with Gasteiger partial charge in [-0.3, -0.25) is 9.69 Å². The third-order valence-corrected chi connectivity index (χ3v) is 6.31. The Balaban J connectivity index is 1.52. The molecule has 0 aromatic carbocycles. The summed E-state index contributed by atoms with van der Waals surface area (Å²) in [6.45, 7) is -1.49. The van der Waals surface area contributed by atoms with Gasteiger partial charge in [0.15, 0.2) is 11.5 Å². The Bertz CT molecular complexity index is 1140. The molecule has 37 heavy (non-hydrogen) atoms. The van der Waals surface area contributed by atoms with Crippen LogP contribution >= 0.6 is 0 Å². The number of aromatic nitrogens is 2. The van der Waals surface area contributed by atoms with Crippen LogP contribution in [-0.2, 0) is 23.9 Å². The Morgan fingerprint density at radius 3 is 2.68 bits per heavy atom. The van der Waals surface area contributed by atoms with E-state index in [0.717, 1.165) is 4.90 Å². The van der Waals surface area contributed by atoms with E-state index in [2.05, 4.69) is 15.3 Å². The lowest BCUT2D eigenvalue weighted by atomic mass is 10.0. The van der Waals surface area contributed by atoms with Crippen LogP contribution in [0.15, 0.2) is 23.0 Å². The summed E-state index contributed by atoms with van der Waals surface area (Å²) in [4.78, 5) is 33.5. The van der Waals surface area contributed by atoms with Gasteiger partial charge in [-0.1, -0.05) is 0 Å². The van der Waals surface area contributed by atoms with Crippen molar-refractivity contribution in [2.45, 2.75) is 56.6 Å². The molecule has 2 aromatic rings. The molecule has 4 heterocycles. The number of likely N-dealkylation sites (tertiary alicyclic amines) is 1. The molecule has 2 amide bonds. The molecule has 15 heteroatoms. The molecule has 0 saturated carbocycles. The summed E-state index contributed by atoms with van der Waals surface area (Å²) < 4.78 is 73.7. The zero-order valence-corrected chi connectivity index (χ0v) is 19.3. The zero-order chi connectivity index (χ0) is 27.0. The number of piperidine rings is 1. The fraction of sp³-hybridized carbons (Fsp3) is 0.545. The normalized spacial score (nSPS) is 19.8. The first-order chi connectivity index (χ1) is 17.3. The zero-order valence-electron chi connectivity index (χ0n) is 19.3. The third-order valence-electron chi connectivity index (χ3n) is 6.31. The Labute approximate surface area is 207 Å². The summed E-state index contributed by atoms with van der Waals surface area (Å²) in [6, 6.07) is 0.301. The van der Waals surface area contributed by atoms with E-state index in [0.29, 0.717) is 0 Å². The van der Waals surface area contributed by atoms with Crippen molar-refractivity contribution in [2.75, 3.05) is 19.6 Å². The van der Waals surface area contributed by atoms with E-state index in [1.54, 1.807) is 0 Å². The smallest absolute Gasteiger partial charge is 0.433 e. The number of furan rings is 1. The molecular weight excluding hydrogens is 509 g/mol. The maximum Gasteiger partial charge on any atom is 0.433 e. The maximum atomic E-state index is 13.8. The van der Waals surface area contributed by atoms with Gasteiger partial charge in [0, 0.05) is 44.5 Å². The summed E-state index contributed by atoms with van der Waals surface area (Å²) in [6.07, 6.45) is -6.56. The van der Waals surface area contributed by atoms with Crippen molar-refractivity contribution in [2.24, 2.45) is 0 Å². The molecule has 2 aliphatic heterocycles. The van der Waals surface area contributed by atoms with Crippen molar-refractivity contribution < 1.29 is 46.2 Å². The minimum Gasteiger partial charge on any atom is -0.472 e. The first-order valence-electron chi connectivity index (χ1n) is 11.4. The molecule has 10 nitrogen and oxygen atoms in total. The number of nitrogens with one attached hydrogen (secondary N) is 1. The molecular formula is C22H24F5N5O5. The van der Waals surface area contributed by atoms with E-state index in [1.807, 2.05) is 0 Å². The first kappa shape index (κ1) is 26.7. The van der Waals surface area contributed by atoms with E-state index >= 15 is 0 Å². The number of halogens is 5. The molecule has 0 spiro atoms. The van der Waals surface area contributed by atoms with Gasteiger partial charge in [-0.25, -0.2) is 23.5 Å². The summed E-state index contributed by atoms with van der Waals surface area (Å²) in [5.41, 5.74) is -0.917. The molecule has 0 bridgehead atoms. The SMILES string of the molecule is O=C(O)N[C@@H](CC(O)N1CCc2c(nc(-c3ccoc3)nc2C(F)(F)F)C1)CN1CC(F)(F)CCC1=O. The number of fused-ring (bicyclic) bond motifs is 1. The number of nitrogens with zero attached hydrogens (tertiary/aromatic N) is 4. The fourth-order valence-corrected chi connectivity index (χ4v) is 4.54. The average molecular weight is 533 g/mol. The van der Waals surface area contributed by atoms with E-state index in [-0.39, 0.29) is 48.6 Å². The number of aliphatic hydroxyl groups excluding tert-OH is 1. The Morgan fingerprint density at radius 2 is 2.03 bits per heavy atom. The largest absolute Gasteiger partial charge is 0.472 e. The van der Waals surface area contributed by atoms with Gasteiger partial charge in [-0.05, 0) is 12.5 Å². The molecule has 4 rings (SSSR count). The molecule has 3 N–H and O–H groups in total. The quantitative estimate of drug-likeness (QED) is 0.463. The number of hydrogen-bond acceptors (Lipinski definition) is 7. The highest BCUT2D eigenvalue weighted by molar-refractivity contribution is 5.77. The number of carbonyl (C=O) groups is 2. The van der Waals surface area contributed by atoms with Crippen molar-refractivity contribution in [1.29, 1.82) is 0 Å². The van der Waals surface area contributed by atoms with Gasteiger partial charge in [0.05, 0.1) is 30.1 Å². The topological polar surface area (TPSA) is 132 Å². The first-order valence-corrected chi connectivity index (χ1v) is 11.4. The van der Waals surface area contributed by atoms with Crippen LogP contribution in [0.4, 0.5) is 26.7 Å². The van der Waals surface area contributed by atoms with Gasteiger partial charge in [0.1, 0.15) is 12.5 Å². The molecule has 2 aromatic heterocycles. The fourth-order valence-electron chi connectivity index (χ4n) is 4.54. The number of aliphatic hydroxyl groups is 1. The second-order valence-corrected chi connectivity index (χ2v) is 9.04. The standard InChI is InChI=1S/C22H24F5N5O5/c23-21(24)4-1-16(33)32(11-21)8-13(28-20(35)36)7-17(34)31-5-2-14-15(9-31)29-19(12-3-6-37-10-12)30-18(14)22(25,26)27/h3,6,10,13,17,28,34H,1-2,4-5,7-9,11H2,(H,35,36)/t13-,17?/m0/s1. The Kier molecular flexibility index (Phi) is 7.37. The van der Waals surface area contributed by atoms with Crippen molar-refractivity contribution in [3.05, 3.63) is 35.5 Å². The van der Waals surface area contributed by atoms with Gasteiger partial charge >= 0.3 is 12.3 Å². The summed E-state index contributed by atoms with van der Waals surface area (Å²) in [5, 5.41) is 22.1. The molecule has 2 aliphatic rings. The Hall–Kier alpha value is -3.33. The van der Waals surface area contributed by atoms with E-state index in [4.69, 9.17) is 4.42 Å². The average Bonchev–Trinajstić information content (AvgIpc) is 3.34. The predicted octanol–water partition coefficient (Wildman–Crippen LogP) is 2.72. The van der Waals surface area contributed by atoms with Crippen LogP contribution in [0.3, 0.4) is 0 Å². The molecule has 1 saturated heterocycles.